The SMILES string of the molecule is Cc1nc(C(=O)O)nn1-c1ccc(F)c(F)c1. The molecule has 2 aromatic rings. The molecule has 17 heavy (non-hydrogen) atoms. The van der Waals surface area contributed by atoms with Crippen LogP contribution >= 0.6 is 0 Å². The lowest BCUT2D eigenvalue weighted by atomic mass is 10.3. The van der Waals surface area contributed by atoms with E-state index >= 15 is 0 Å². The standard InChI is InChI=1S/C10H7F2N3O2/c1-5-13-9(10(16)17)14-15(5)6-2-3-7(11)8(12)4-6/h2-4H,1H3,(H,16,17). The van der Waals surface area contributed by atoms with Crippen LogP contribution in [-0.4, -0.2) is 25.8 Å². The summed E-state index contributed by atoms with van der Waals surface area (Å²) in [6.45, 7) is 1.51. The average Bonchev–Trinajstić information content (AvgIpc) is 2.65. The Bertz CT molecular complexity index is 595. The Labute approximate surface area is 94.3 Å². The van der Waals surface area contributed by atoms with Crippen LogP contribution < -0.4 is 0 Å². The summed E-state index contributed by atoms with van der Waals surface area (Å²) in [7, 11) is 0. The van der Waals surface area contributed by atoms with Gasteiger partial charge in [0.15, 0.2) is 11.6 Å². The molecule has 1 aromatic carbocycles. The number of benzene rings is 1. The highest BCUT2D eigenvalue weighted by atomic mass is 19.2. The fourth-order valence-corrected chi connectivity index (χ4v) is 1.34. The number of carbonyl (C=O) groups is 1. The van der Waals surface area contributed by atoms with Crippen LogP contribution in [0.15, 0.2) is 18.2 Å². The van der Waals surface area contributed by atoms with Gasteiger partial charge in [-0.15, -0.1) is 5.10 Å². The molecule has 0 spiro atoms. The Morgan fingerprint density at radius 3 is 2.59 bits per heavy atom. The van der Waals surface area contributed by atoms with Gasteiger partial charge in [-0.3, -0.25) is 0 Å². The summed E-state index contributed by atoms with van der Waals surface area (Å²) in [5.41, 5.74) is 0.210. The van der Waals surface area contributed by atoms with Gasteiger partial charge in [0, 0.05) is 6.07 Å². The molecule has 1 heterocycles. The molecule has 7 heteroatoms. The minimum Gasteiger partial charge on any atom is -0.475 e. The van der Waals surface area contributed by atoms with Crippen molar-refractivity contribution in [1.29, 1.82) is 0 Å². The second-order valence-electron chi connectivity index (χ2n) is 3.30. The molecule has 0 saturated heterocycles. The van der Waals surface area contributed by atoms with Gasteiger partial charge in [-0.25, -0.2) is 23.2 Å². The molecule has 0 radical (unpaired) electrons. The van der Waals surface area contributed by atoms with Gasteiger partial charge in [0.25, 0.3) is 5.82 Å². The monoisotopic (exact) mass is 239 g/mol. The van der Waals surface area contributed by atoms with Crippen LogP contribution in [0.5, 0.6) is 0 Å². The number of aromatic carboxylic acids is 1. The van der Waals surface area contributed by atoms with Crippen LogP contribution in [0, 0.1) is 18.6 Å². The van der Waals surface area contributed by atoms with E-state index in [1.807, 2.05) is 0 Å². The molecule has 0 aliphatic rings. The lowest BCUT2D eigenvalue weighted by molar-refractivity contribution is 0.0683. The van der Waals surface area contributed by atoms with Crippen molar-refractivity contribution in [3.05, 3.63) is 41.5 Å². The van der Waals surface area contributed by atoms with Crippen molar-refractivity contribution in [2.75, 3.05) is 0 Å². The number of aromatic nitrogens is 3. The number of carboxylic acids is 1. The molecule has 5 nitrogen and oxygen atoms in total. The molecule has 1 aromatic heterocycles. The Balaban J connectivity index is 2.52. The minimum absolute atomic E-state index is 0.210. The van der Waals surface area contributed by atoms with Crippen LogP contribution in [0.2, 0.25) is 0 Å². The number of hydrogen-bond donors (Lipinski definition) is 1. The molecule has 0 aliphatic heterocycles. The highest BCUT2D eigenvalue weighted by molar-refractivity contribution is 5.83. The number of rotatable bonds is 2. The van der Waals surface area contributed by atoms with E-state index in [9.17, 15) is 13.6 Å². The van der Waals surface area contributed by atoms with E-state index in [-0.39, 0.29) is 11.5 Å². The fourth-order valence-electron chi connectivity index (χ4n) is 1.34. The average molecular weight is 239 g/mol. The molecule has 88 valence electrons. The Morgan fingerprint density at radius 1 is 1.35 bits per heavy atom. The van der Waals surface area contributed by atoms with Crippen LogP contribution in [0.4, 0.5) is 8.78 Å². The highest BCUT2D eigenvalue weighted by Crippen LogP contribution is 2.13. The van der Waals surface area contributed by atoms with E-state index in [1.54, 1.807) is 0 Å². The lowest BCUT2D eigenvalue weighted by Gasteiger charge is -2.02. The van der Waals surface area contributed by atoms with E-state index in [0.717, 1.165) is 16.8 Å². The summed E-state index contributed by atoms with van der Waals surface area (Å²) < 4.78 is 26.9. The summed E-state index contributed by atoms with van der Waals surface area (Å²) in [5, 5.41) is 12.4. The smallest absolute Gasteiger partial charge is 0.375 e. The largest absolute Gasteiger partial charge is 0.475 e. The van der Waals surface area contributed by atoms with Gasteiger partial charge in [-0.2, -0.15) is 0 Å². The minimum atomic E-state index is -1.28. The van der Waals surface area contributed by atoms with Crippen molar-refractivity contribution in [1.82, 2.24) is 14.8 Å². The summed E-state index contributed by atoms with van der Waals surface area (Å²) >= 11 is 0. The zero-order chi connectivity index (χ0) is 12.6. The first kappa shape index (κ1) is 11.2. The first-order valence-electron chi connectivity index (χ1n) is 4.61. The quantitative estimate of drug-likeness (QED) is 0.863. The molecular weight excluding hydrogens is 232 g/mol. The third kappa shape index (κ3) is 1.99. The maximum Gasteiger partial charge on any atom is 0.375 e. The van der Waals surface area contributed by atoms with E-state index in [2.05, 4.69) is 10.1 Å². The van der Waals surface area contributed by atoms with Crippen molar-refractivity contribution in [2.24, 2.45) is 0 Å². The van der Waals surface area contributed by atoms with Gasteiger partial charge < -0.3 is 5.11 Å². The Hall–Kier alpha value is -2.31. The van der Waals surface area contributed by atoms with Crippen molar-refractivity contribution in [2.45, 2.75) is 6.92 Å². The maximum absolute atomic E-state index is 13.0. The molecule has 1 N–H and O–H groups in total. The third-order valence-electron chi connectivity index (χ3n) is 2.11. The molecule has 2 rings (SSSR count). The molecule has 0 aliphatic carbocycles. The Morgan fingerprint density at radius 2 is 2.06 bits per heavy atom. The van der Waals surface area contributed by atoms with Crippen molar-refractivity contribution in [3.8, 4) is 5.69 Å². The normalized spacial score (nSPS) is 10.5. The first-order valence-corrected chi connectivity index (χ1v) is 4.61. The van der Waals surface area contributed by atoms with E-state index in [0.29, 0.717) is 0 Å². The van der Waals surface area contributed by atoms with Crippen LogP contribution in [-0.2, 0) is 0 Å². The molecule has 0 atom stereocenters. The van der Waals surface area contributed by atoms with Crippen LogP contribution in [0.1, 0.15) is 16.4 Å². The molecular formula is C10H7F2N3O2. The lowest BCUT2D eigenvalue weighted by Crippen LogP contribution is -2.03. The maximum atomic E-state index is 13.0. The summed E-state index contributed by atoms with van der Waals surface area (Å²) in [5.74, 6) is -3.42. The molecule has 0 unspecified atom stereocenters. The van der Waals surface area contributed by atoms with Crippen molar-refractivity contribution < 1.29 is 18.7 Å². The number of hydrogen-bond acceptors (Lipinski definition) is 3. The number of nitrogens with zero attached hydrogens (tertiary/aromatic N) is 3. The molecule has 0 fully saturated rings. The van der Waals surface area contributed by atoms with Gasteiger partial charge in [-0.1, -0.05) is 0 Å². The predicted octanol–water partition coefficient (Wildman–Crippen LogP) is 1.55. The summed E-state index contributed by atoms with van der Waals surface area (Å²) in [6, 6.07) is 3.14. The van der Waals surface area contributed by atoms with E-state index in [4.69, 9.17) is 5.11 Å². The van der Waals surface area contributed by atoms with Gasteiger partial charge in [-0.05, 0) is 19.1 Å². The van der Waals surface area contributed by atoms with E-state index < -0.39 is 23.4 Å². The van der Waals surface area contributed by atoms with Crippen molar-refractivity contribution >= 4 is 5.97 Å². The number of aryl methyl sites for hydroxylation is 1. The van der Waals surface area contributed by atoms with Crippen LogP contribution in [0.25, 0.3) is 5.69 Å². The zero-order valence-electron chi connectivity index (χ0n) is 8.69. The fraction of sp³-hybridized carbons (Fsp3) is 0.100. The van der Waals surface area contributed by atoms with Crippen molar-refractivity contribution in [3.63, 3.8) is 0 Å². The first-order chi connectivity index (χ1) is 7.99. The van der Waals surface area contributed by atoms with Gasteiger partial charge in [0.1, 0.15) is 5.82 Å². The zero-order valence-corrected chi connectivity index (χ0v) is 8.69. The molecule has 0 saturated carbocycles. The van der Waals surface area contributed by atoms with Crippen LogP contribution in [0.3, 0.4) is 0 Å². The Kier molecular flexibility index (Phi) is 2.58. The van der Waals surface area contributed by atoms with Gasteiger partial charge >= 0.3 is 5.97 Å². The summed E-state index contributed by atoms with van der Waals surface area (Å²) in [4.78, 5) is 14.3. The van der Waals surface area contributed by atoms with Gasteiger partial charge in [0.05, 0.1) is 5.69 Å². The second-order valence-corrected chi connectivity index (χ2v) is 3.30. The molecule has 0 amide bonds. The summed E-state index contributed by atoms with van der Waals surface area (Å²) in [6.07, 6.45) is 0. The van der Waals surface area contributed by atoms with E-state index in [1.165, 1.54) is 13.0 Å². The molecule has 0 bridgehead atoms. The number of halogens is 2. The third-order valence-corrected chi connectivity index (χ3v) is 2.11. The van der Waals surface area contributed by atoms with Gasteiger partial charge in [0.2, 0.25) is 0 Å². The highest BCUT2D eigenvalue weighted by Gasteiger charge is 2.14. The number of carboxylic acid groups (broad SMARTS) is 1. The topological polar surface area (TPSA) is 68.0 Å². The predicted molar refractivity (Wildman–Crippen MR) is 53.0 cm³/mol. The second kappa shape index (κ2) is 3.93.